The van der Waals surface area contributed by atoms with Crippen LogP contribution in [-0.4, -0.2) is 28.4 Å². The van der Waals surface area contributed by atoms with E-state index in [4.69, 9.17) is 11.6 Å². The zero-order valence-corrected chi connectivity index (χ0v) is 10.6. The van der Waals surface area contributed by atoms with Gasteiger partial charge in [-0.25, -0.2) is 9.97 Å². The van der Waals surface area contributed by atoms with Gasteiger partial charge in [-0.1, -0.05) is 12.8 Å². The summed E-state index contributed by atoms with van der Waals surface area (Å²) in [6, 6.07) is 2.42. The molecule has 3 nitrogen and oxygen atoms in total. The molecule has 0 N–H and O–H groups in total. The summed E-state index contributed by atoms with van der Waals surface area (Å²) in [5.41, 5.74) is 0.999. The highest BCUT2D eigenvalue weighted by Gasteiger charge is 2.27. The monoisotopic (exact) mass is 239 g/mol. The van der Waals surface area contributed by atoms with Crippen LogP contribution < -0.4 is 4.90 Å². The van der Waals surface area contributed by atoms with Crippen molar-refractivity contribution in [3.63, 3.8) is 0 Å². The van der Waals surface area contributed by atoms with Crippen molar-refractivity contribution >= 4 is 17.4 Å². The maximum Gasteiger partial charge on any atom is 0.132 e. The van der Waals surface area contributed by atoms with Gasteiger partial charge >= 0.3 is 0 Å². The van der Waals surface area contributed by atoms with Gasteiger partial charge in [0.2, 0.25) is 0 Å². The Balaban J connectivity index is 2.14. The van der Waals surface area contributed by atoms with Crippen molar-refractivity contribution in [2.24, 2.45) is 0 Å². The summed E-state index contributed by atoms with van der Waals surface area (Å²) in [6.07, 6.45) is 6.41. The second-order valence-corrected chi connectivity index (χ2v) is 5.06. The van der Waals surface area contributed by atoms with Crippen LogP contribution in [0.4, 0.5) is 5.82 Å². The number of aromatic nitrogens is 2. The van der Waals surface area contributed by atoms with Gasteiger partial charge < -0.3 is 4.90 Å². The minimum absolute atomic E-state index is 0.244. The van der Waals surface area contributed by atoms with E-state index in [0.29, 0.717) is 6.04 Å². The first-order valence-corrected chi connectivity index (χ1v) is 6.27. The predicted molar refractivity (Wildman–Crippen MR) is 67.1 cm³/mol. The maximum atomic E-state index is 6.38. The molecule has 4 heteroatoms. The number of anilines is 1. The van der Waals surface area contributed by atoms with E-state index < -0.39 is 0 Å². The highest BCUT2D eigenvalue weighted by molar-refractivity contribution is 6.21. The molecule has 1 aromatic rings. The summed E-state index contributed by atoms with van der Waals surface area (Å²) < 4.78 is 0. The molecule has 0 radical (unpaired) electrons. The van der Waals surface area contributed by atoms with E-state index in [9.17, 15) is 0 Å². The average molecular weight is 240 g/mol. The molecular weight excluding hydrogens is 222 g/mol. The van der Waals surface area contributed by atoms with E-state index in [1.165, 1.54) is 12.8 Å². The van der Waals surface area contributed by atoms with Crippen molar-refractivity contribution in [1.29, 1.82) is 0 Å². The van der Waals surface area contributed by atoms with Crippen LogP contribution in [0.25, 0.3) is 0 Å². The number of nitrogens with zero attached hydrogens (tertiary/aromatic N) is 3. The zero-order valence-electron chi connectivity index (χ0n) is 9.86. The molecule has 1 aliphatic carbocycles. The van der Waals surface area contributed by atoms with Crippen LogP contribution >= 0.6 is 11.6 Å². The molecule has 1 saturated carbocycles. The summed E-state index contributed by atoms with van der Waals surface area (Å²) in [5.74, 6) is 0.977. The van der Waals surface area contributed by atoms with E-state index in [0.717, 1.165) is 24.4 Å². The fourth-order valence-electron chi connectivity index (χ4n) is 2.31. The molecule has 1 aromatic heterocycles. The molecule has 2 atom stereocenters. The smallest absolute Gasteiger partial charge is 0.132 e. The van der Waals surface area contributed by atoms with Crippen LogP contribution in [0.1, 0.15) is 31.4 Å². The van der Waals surface area contributed by atoms with Crippen LogP contribution in [0.2, 0.25) is 0 Å². The fourth-order valence-corrected chi connectivity index (χ4v) is 2.75. The lowest BCUT2D eigenvalue weighted by atomic mass is 9.94. The predicted octanol–water partition coefficient (Wildman–Crippen LogP) is 2.77. The third kappa shape index (κ3) is 2.46. The lowest BCUT2D eigenvalue weighted by Gasteiger charge is -2.35. The number of rotatable bonds is 2. The first-order chi connectivity index (χ1) is 7.68. The van der Waals surface area contributed by atoms with Crippen molar-refractivity contribution < 1.29 is 0 Å². The van der Waals surface area contributed by atoms with E-state index in [1.807, 2.05) is 13.0 Å². The summed E-state index contributed by atoms with van der Waals surface area (Å²) in [4.78, 5) is 10.6. The zero-order chi connectivity index (χ0) is 11.5. The molecule has 0 aliphatic heterocycles. The van der Waals surface area contributed by atoms with Gasteiger partial charge in [0.15, 0.2) is 0 Å². The SMILES string of the molecule is Cc1cc(N(C)C2CCCCC2Cl)ncn1. The molecule has 88 valence electrons. The van der Waals surface area contributed by atoms with Crippen molar-refractivity contribution in [1.82, 2.24) is 9.97 Å². The normalized spacial score (nSPS) is 25.4. The Hall–Kier alpha value is -0.830. The Labute approximate surface area is 102 Å². The van der Waals surface area contributed by atoms with Crippen molar-refractivity contribution in [2.45, 2.75) is 44.0 Å². The molecule has 1 fully saturated rings. The number of hydrogen-bond donors (Lipinski definition) is 0. The van der Waals surface area contributed by atoms with Gasteiger partial charge in [-0.05, 0) is 19.8 Å². The van der Waals surface area contributed by atoms with Gasteiger partial charge in [-0.2, -0.15) is 0 Å². The quantitative estimate of drug-likeness (QED) is 0.744. The minimum Gasteiger partial charge on any atom is -0.355 e. The third-order valence-electron chi connectivity index (χ3n) is 3.30. The molecule has 0 aromatic carbocycles. The number of alkyl halides is 1. The van der Waals surface area contributed by atoms with E-state index in [2.05, 4.69) is 21.9 Å². The van der Waals surface area contributed by atoms with E-state index in [1.54, 1.807) is 6.33 Å². The van der Waals surface area contributed by atoms with Crippen LogP contribution in [-0.2, 0) is 0 Å². The van der Waals surface area contributed by atoms with E-state index >= 15 is 0 Å². The molecular formula is C12H18ClN3. The molecule has 16 heavy (non-hydrogen) atoms. The van der Waals surface area contributed by atoms with Crippen molar-refractivity contribution in [2.75, 3.05) is 11.9 Å². The van der Waals surface area contributed by atoms with Gasteiger partial charge in [-0.15, -0.1) is 11.6 Å². The summed E-state index contributed by atoms with van der Waals surface area (Å²) in [5, 5.41) is 0.244. The van der Waals surface area contributed by atoms with Crippen molar-refractivity contribution in [3.05, 3.63) is 18.1 Å². The van der Waals surface area contributed by atoms with Crippen LogP contribution in [0.15, 0.2) is 12.4 Å². The standard InChI is InChI=1S/C12H18ClN3/c1-9-7-12(15-8-14-9)16(2)11-6-4-3-5-10(11)13/h7-8,10-11H,3-6H2,1-2H3. The molecule has 2 rings (SSSR count). The van der Waals surface area contributed by atoms with Crippen LogP contribution in [0.5, 0.6) is 0 Å². The van der Waals surface area contributed by atoms with Gasteiger partial charge in [0.1, 0.15) is 12.1 Å². The summed E-state index contributed by atoms with van der Waals surface area (Å²) in [7, 11) is 2.08. The molecule has 1 heterocycles. The Bertz CT molecular complexity index is 356. The number of hydrogen-bond acceptors (Lipinski definition) is 3. The lowest BCUT2D eigenvalue weighted by Crippen LogP contribution is -2.41. The summed E-state index contributed by atoms with van der Waals surface area (Å²) in [6.45, 7) is 1.98. The minimum atomic E-state index is 0.244. The van der Waals surface area contributed by atoms with Crippen LogP contribution in [0, 0.1) is 6.92 Å². The molecule has 0 saturated heterocycles. The Morgan fingerprint density at radius 2 is 2.06 bits per heavy atom. The number of halogens is 1. The molecule has 2 unspecified atom stereocenters. The first kappa shape index (κ1) is 11.6. The molecule has 0 bridgehead atoms. The topological polar surface area (TPSA) is 29.0 Å². The van der Waals surface area contributed by atoms with Crippen molar-refractivity contribution in [3.8, 4) is 0 Å². The van der Waals surface area contributed by atoms with Gasteiger partial charge in [0.05, 0.1) is 5.38 Å². The van der Waals surface area contributed by atoms with Gasteiger partial charge in [0, 0.05) is 24.8 Å². The first-order valence-electron chi connectivity index (χ1n) is 5.84. The Kier molecular flexibility index (Phi) is 3.64. The third-order valence-corrected chi connectivity index (χ3v) is 3.80. The fraction of sp³-hybridized carbons (Fsp3) is 0.667. The second-order valence-electron chi connectivity index (χ2n) is 4.50. The Morgan fingerprint density at radius 3 is 2.75 bits per heavy atom. The largest absolute Gasteiger partial charge is 0.355 e. The molecule has 0 amide bonds. The second kappa shape index (κ2) is 5.00. The Morgan fingerprint density at radius 1 is 1.31 bits per heavy atom. The van der Waals surface area contributed by atoms with E-state index in [-0.39, 0.29) is 5.38 Å². The molecule has 1 aliphatic rings. The van der Waals surface area contributed by atoms with Gasteiger partial charge in [0.25, 0.3) is 0 Å². The highest BCUT2D eigenvalue weighted by atomic mass is 35.5. The summed E-state index contributed by atoms with van der Waals surface area (Å²) >= 11 is 6.38. The number of aryl methyl sites for hydroxylation is 1. The lowest BCUT2D eigenvalue weighted by molar-refractivity contribution is 0.432. The average Bonchev–Trinajstić information content (AvgIpc) is 2.29. The highest BCUT2D eigenvalue weighted by Crippen LogP contribution is 2.28. The maximum absolute atomic E-state index is 6.38. The van der Waals surface area contributed by atoms with Crippen LogP contribution in [0.3, 0.4) is 0 Å². The molecule has 0 spiro atoms. The van der Waals surface area contributed by atoms with Gasteiger partial charge in [-0.3, -0.25) is 0 Å².